The van der Waals surface area contributed by atoms with Crippen molar-refractivity contribution in [2.45, 2.75) is 46.1 Å². The number of ether oxygens (including phenoxy) is 4. The largest absolute Gasteiger partial charge is 0.493 e. The predicted molar refractivity (Wildman–Crippen MR) is 200 cm³/mol. The summed E-state index contributed by atoms with van der Waals surface area (Å²) in [7, 11) is 3.13. The zero-order valence-corrected chi connectivity index (χ0v) is 29.6. The van der Waals surface area contributed by atoms with Crippen LogP contribution in [-0.2, 0) is 24.2 Å². The highest BCUT2D eigenvalue weighted by atomic mass is 19.1. The summed E-state index contributed by atoms with van der Waals surface area (Å²) in [4.78, 5) is 20.6. The molecule has 0 atom stereocenters. The number of imidazole rings is 1. The Morgan fingerprint density at radius 1 is 0.808 bits per heavy atom. The normalized spacial score (nSPS) is 11.3. The van der Waals surface area contributed by atoms with Crippen molar-refractivity contribution in [3.05, 3.63) is 126 Å². The van der Waals surface area contributed by atoms with E-state index in [4.69, 9.17) is 24.7 Å². The van der Waals surface area contributed by atoms with Crippen LogP contribution in [0.3, 0.4) is 0 Å². The molecule has 4 aromatic carbocycles. The van der Waals surface area contributed by atoms with Crippen molar-refractivity contribution in [2.24, 2.45) is 4.99 Å². The van der Waals surface area contributed by atoms with Crippen LogP contribution in [0.5, 0.6) is 34.5 Å². The molecule has 0 aliphatic carbocycles. The van der Waals surface area contributed by atoms with Crippen LogP contribution in [0.25, 0.3) is 0 Å². The lowest BCUT2D eigenvalue weighted by Gasteiger charge is -2.13. The van der Waals surface area contributed by atoms with Gasteiger partial charge in [0.05, 0.1) is 32.8 Å². The number of aromatic nitrogens is 2. The van der Waals surface area contributed by atoms with Crippen LogP contribution in [0, 0.1) is 11.6 Å². The Morgan fingerprint density at radius 3 is 1.88 bits per heavy atom. The number of nitrogen functional groups attached to an aromatic ring is 1. The number of aliphatic imine (C=N–C) groups is 1. The minimum absolute atomic E-state index is 0.122. The number of rotatable bonds is 13. The van der Waals surface area contributed by atoms with Crippen molar-refractivity contribution in [3.63, 3.8) is 0 Å². The van der Waals surface area contributed by atoms with E-state index in [-0.39, 0.29) is 11.5 Å². The highest BCUT2D eigenvalue weighted by Gasteiger charge is 2.12. The Hall–Kier alpha value is -6.17. The summed E-state index contributed by atoms with van der Waals surface area (Å²) in [6.07, 6.45) is 11.0. The van der Waals surface area contributed by atoms with E-state index in [1.54, 1.807) is 69.5 Å². The smallest absolute Gasteiger partial charge is 0.169 e. The Balaban J connectivity index is 0.000000197. The maximum Gasteiger partial charge on any atom is 0.169 e. The van der Waals surface area contributed by atoms with Gasteiger partial charge in [-0.15, -0.1) is 0 Å². The Bertz CT molecular complexity index is 1960. The third-order valence-electron chi connectivity index (χ3n) is 7.70. The van der Waals surface area contributed by atoms with E-state index in [1.165, 1.54) is 18.2 Å². The average Bonchev–Trinajstić information content (AvgIpc) is 3.89. The Kier molecular flexibility index (Phi) is 14.8. The molecule has 1 aromatic heterocycles. The number of allylic oxidation sites excluding steroid dienone is 1. The summed E-state index contributed by atoms with van der Waals surface area (Å²) in [5.74, 6) is 1.44. The molecule has 5 aromatic rings. The fourth-order valence-electron chi connectivity index (χ4n) is 4.77. The Labute approximate surface area is 302 Å². The lowest BCUT2D eigenvalue weighted by molar-refractivity contribution is -0.107. The number of halogens is 2. The summed E-state index contributed by atoms with van der Waals surface area (Å²) in [6.45, 7) is 4.64. The number of hydrogen-bond donors (Lipinski definition) is 3. The van der Waals surface area contributed by atoms with E-state index in [9.17, 15) is 13.6 Å². The topological polar surface area (TPSA) is 133 Å². The minimum atomic E-state index is -0.498. The molecule has 0 saturated heterocycles. The molecule has 52 heavy (non-hydrogen) atoms. The number of nitrogens with zero attached hydrogens (tertiary/aromatic N) is 2. The summed E-state index contributed by atoms with van der Waals surface area (Å²) in [6, 6.07) is 20.3. The molecule has 0 spiro atoms. The molecule has 12 heteroatoms. The summed E-state index contributed by atoms with van der Waals surface area (Å²) in [5, 5.41) is 3.13. The molecule has 4 N–H and O–H groups in total. The van der Waals surface area contributed by atoms with Crippen LogP contribution in [0.15, 0.2) is 102 Å². The van der Waals surface area contributed by atoms with E-state index in [0.717, 1.165) is 47.9 Å². The van der Waals surface area contributed by atoms with E-state index in [2.05, 4.69) is 34.1 Å². The fourth-order valence-corrected chi connectivity index (χ4v) is 4.77. The molecule has 1 aliphatic heterocycles. The zero-order chi connectivity index (χ0) is 37.3. The number of aromatic amines is 1. The number of benzene rings is 4. The first-order valence-corrected chi connectivity index (χ1v) is 16.6. The van der Waals surface area contributed by atoms with Gasteiger partial charge in [0.25, 0.3) is 0 Å². The molecule has 0 radical (unpaired) electrons. The van der Waals surface area contributed by atoms with Gasteiger partial charge in [0.15, 0.2) is 46.1 Å². The van der Waals surface area contributed by atoms with Crippen LogP contribution in [0.1, 0.15) is 43.5 Å². The van der Waals surface area contributed by atoms with Gasteiger partial charge in [0, 0.05) is 55.0 Å². The minimum Gasteiger partial charge on any atom is -0.493 e. The summed E-state index contributed by atoms with van der Waals surface area (Å²) >= 11 is 0. The van der Waals surface area contributed by atoms with Gasteiger partial charge >= 0.3 is 0 Å². The average molecular weight is 712 g/mol. The number of nitrogens with one attached hydrogen (secondary N) is 2. The van der Waals surface area contributed by atoms with Crippen molar-refractivity contribution >= 4 is 23.9 Å². The molecule has 0 bridgehead atoms. The van der Waals surface area contributed by atoms with Gasteiger partial charge in [-0.3, -0.25) is 4.99 Å². The number of nitrogens with two attached hydrogens (primary N) is 1. The Morgan fingerprint density at radius 2 is 1.40 bits per heavy atom. The van der Waals surface area contributed by atoms with E-state index in [1.807, 2.05) is 24.3 Å². The highest BCUT2D eigenvalue weighted by molar-refractivity contribution is 5.68. The van der Waals surface area contributed by atoms with Crippen LogP contribution in [0.4, 0.5) is 20.2 Å². The van der Waals surface area contributed by atoms with Crippen LogP contribution in [-0.4, -0.2) is 36.7 Å². The summed E-state index contributed by atoms with van der Waals surface area (Å²) in [5.41, 5.74) is 10.8. The van der Waals surface area contributed by atoms with E-state index >= 15 is 0 Å². The number of methoxy groups -OCH3 is 2. The number of hydrogen-bond acceptors (Lipinski definition) is 9. The van der Waals surface area contributed by atoms with Gasteiger partial charge in [-0.05, 0) is 78.1 Å². The van der Waals surface area contributed by atoms with E-state index in [0.29, 0.717) is 47.3 Å². The summed E-state index contributed by atoms with van der Waals surface area (Å²) < 4.78 is 49.8. The van der Waals surface area contributed by atoms with Gasteiger partial charge in [0.1, 0.15) is 6.29 Å². The van der Waals surface area contributed by atoms with Crippen LogP contribution < -0.4 is 30.0 Å². The van der Waals surface area contributed by atoms with Crippen molar-refractivity contribution in [3.8, 4) is 34.5 Å². The van der Waals surface area contributed by atoms with E-state index < -0.39 is 11.6 Å². The van der Waals surface area contributed by atoms with Crippen LogP contribution in [0.2, 0.25) is 0 Å². The second-order valence-corrected chi connectivity index (χ2v) is 11.3. The molecule has 0 unspecified atom stereocenters. The number of carbonyl (C=O) groups is 1. The second kappa shape index (κ2) is 19.9. The molecule has 0 amide bonds. The highest BCUT2D eigenvalue weighted by Crippen LogP contribution is 2.35. The maximum absolute atomic E-state index is 14.4. The lowest BCUT2D eigenvalue weighted by atomic mass is 10.1. The number of carbonyl (C=O) groups excluding carboxylic acids is 1. The SMILES string of the molecule is CCc1ccc(Oc2ccc(N)cc2F)c(OC)c1.CCc1ccc(Oc2ccc(NCc3cnc[nH]3)cc2F)c(OC)c1.O=CCC1=CN=CC1. The molecule has 10 nitrogen and oxygen atoms in total. The lowest BCUT2D eigenvalue weighted by Crippen LogP contribution is -2.00. The molecular formula is C40H43F2N5O5. The van der Waals surface area contributed by atoms with Gasteiger partial charge in [-0.2, -0.15) is 0 Å². The second-order valence-electron chi connectivity index (χ2n) is 11.3. The first kappa shape index (κ1) is 38.6. The molecule has 6 rings (SSSR count). The number of aldehydes is 1. The first-order valence-electron chi connectivity index (χ1n) is 16.6. The third-order valence-corrected chi connectivity index (χ3v) is 7.70. The number of anilines is 2. The van der Waals surface area contributed by atoms with Crippen molar-refractivity contribution in [2.75, 3.05) is 25.3 Å². The van der Waals surface area contributed by atoms with Gasteiger partial charge in [-0.1, -0.05) is 26.0 Å². The third kappa shape index (κ3) is 11.4. The van der Waals surface area contributed by atoms with Crippen molar-refractivity contribution in [1.29, 1.82) is 0 Å². The monoisotopic (exact) mass is 711 g/mol. The molecular weight excluding hydrogens is 668 g/mol. The van der Waals surface area contributed by atoms with Gasteiger partial charge < -0.3 is 39.8 Å². The number of aryl methyl sites for hydroxylation is 2. The maximum atomic E-state index is 14.4. The standard InChI is InChI=1S/C19H20FN3O2.C15H16FNO2.C6H7NO/c1-3-13-4-6-18(19(8-13)24-2)25-17-7-5-14(9-16(17)20)22-11-15-10-21-12-23-15;1-3-10-4-6-14(15(8-10)18-2)19-13-7-5-11(17)9-12(13)16;8-4-2-6-1-3-7-5-6/h4-10,12,22H,3,11H2,1-2H3,(H,21,23);4-9H,3,17H2,1-2H3;3-5H,1-2H2. The first-order chi connectivity index (χ1) is 25.3. The zero-order valence-electron chi connectivity index (χ0n) is 29.6. The number of H-pyrrole nitrogens is 1. The van der Waals surface area contributed by atoms with Crippen molar-refractivity contribution in [1.82, 2.24) is 9.97 Å². The molecule has 1 aliphatic rings. The van der Waals surface area contributed by atoms with Crippen LogP contribution >= 0.6 is 0 Å². The molecule has 0 fully saturated rings. The fraction of sp³-hybridized carbons (Fsp3) is 0.225. The van der Waals surface area contributed by atoms with Gasteiger partial charge in [0.2, 0.25) is 0 Å². The quantitative estimate of drug-likeness (QED) is 0.0814. The van der Waals surface area contributed by atoms with Gasteiger partial charge in [-0.25, -0.2) is 13.8 Å². The predicted octanol–water partition coefficient (Wildman–Crippen LogP) is 9.23. The molecule has 272 valence electrons. The molecule has 0 saturated carbocycles. The van der Waals surface area contributed by atoms with Crippen molar-refractivity contribution < 1.29 is 32.5 Å². The molecule has 2 heterocycles.